The number of fused-ring (bicyclic) bond motifs is 3. The summed E-state index contributed by atoms with van der Waals surface area (Å²) in [4.78, 5) is 39.5. The first kappa shape index (κ1) is 32.2. The molecule has 14 heteroatoms. The van der Waals surface area contributed by atoms with E-state index in [1.165, 1.54) is 36.6 Å². The predicted molar refractivity (Wildman–Crippen MR) is 191 cm³/mol. The van der Waals surface area contributed by atoms with Crippen molar-refractivity contribution in [1.82, 2.24) is 25.1 Å². The van der Waals surface area contributed by atoms with E-state index in [9.17, 15) is 18.4 Å². The van der Waals surface area contributed by atoms with E-state index in [4.69, 9.17) is 19.1 Å². The van der Waals surface area contributed by atoms with Crippen LogP contribution in [0.15, 0.2) is 57.7 Å². The second-order valence-corrected chi connectivity index (χ2v) is 15.5. The topological polar surface area (TPSA) is 126 Å². The number of methoxy groups -OCH3 is 1. The second kappa shape index (κ2) is 11.5. The Balaban J connectivity index is 1.16. The van der Waals surface area contributed by atoms with Crippen LogP contribution in [-0.2, 0) is 24.8 Å². The number of hydrogen-bond acceptors (Lipinski definition) is 9. The molecule has 2 unspecified atom stereocenters. The van der Waals surface area contributed by atoms with Gasteiger partial charge >= 0.3 is 5.76 Å². The number of thiophene rings is 1. The number of halogens is 3. The van der Waals surface area contributed by atoms with E-state index in [-0.39, 0.29) is 29.8 Å². The smallest absolute Gasteiger partial charge is 0.434 e. The number of hydrogen-bond donors (Lipinski definition) is 2. The lowest BCUT2D eigenvalue weighted by atomic mass is 9.71. The number of carbonyl (C=O) groups excluding carboxylic acids is 1. The summed E-state index contributed by atoms with van der Waals surface area (Å²) in [6, 6.07) is 12.2. The quantitative estimate of drug-likeness (QED) is 0.168. The van der Waals surface area contributed by atoms with Gasteiger partial charge in [0.15, 0.2) is 11.6 Å². The minimum absolute atomic E-state index is 0.00683. The van der Waals surface area contributed by atoms with Gasteiger partial charge in [-0.3, -0.25) is 9.78 Å². The summed E-state index contributed by atoms with van der Waals surface area (Å²) in [6.07, 6.45) is 1.19. The highest BCUT2D eigenvalue weighted by Gasteiger charge is 2.65. The zero-order valence-corrected chi connectivity index (χ0v) is 29.4. The van der Waals surface area contributed by atoms with Crippen LogP contribution in [0.1, 0.15) is 63.0 Å². The highest BCUT2D eigenvalue weighted by atomic mass is 32.1. The monoisotopic (exact) mass is 736 g/mol. The van der Waals surface area contributed by atoms with Crippen LogP contribution in [0, 0.1) is 24.5 Å². The van der Waals surface area contributed by atoms with Crippen molar-refractivity contribution in [2.45, 2.75) is 56.8 Å². The summed E-state index contributed by atoms with van der Waals surface area (Å²) in [5.74, 6) is -0.837. The van der Waals surface area contributed by atoms with E-state index in [2.05, 4.69) is 15.5 Å². The fourth-order valence-corrected chi connectivity index (χ4v) is 10.2. The summed E-state index contributed by atoms with van der Waals surface area (Å²) >= 11 is 1.38. The number of alkyl halides is 1. The highest BCUT2D eigenvalue weighted by Crippen LogP contribution is 2.63. The first-order valence-corrected chi connectivity index (χ1v) is 18.3. The van der Waals surface area contributed by atoms with Crippen molar-refractivity contribution in [2.24, 2.45) is 5.92 Å². The second-order valence-electron chi connectivity index (χ2n) is 14.4. The molecule has 3 aliphatic heterocycles. The Morgan fingerprint density at radius 2 is 1.87 bits per heavy atom. The van der Waals surface area contributed by atoms with E-state index >= 15 is 4.39 Å². The van der Waals surface area contributed by atoms with E-state index in [1.54, 1.807) is 18.2 Å². The van der Waals surface area contributed by atoms with Crippen LogP contribution in [0.2, 0.25) is 0 Å². The van der Waals surface area contributed by atoms with Crippen molar-refractivity contribution in [3.05, 3.63) is 110 Å². The molecule has 2 aromatic carbocycles. The van der Waals surface area contributed by atoms with E-state index in [0.29, 0.717) is 75.2 Å². The van der Waals surface area contributed by atoms with Gasteiger partial charge in [0.05, 0.1) is 45.9 Å². The number of rotatable bonds is 8. The molecule has 11 rings (SSSR count). The van der Waals surface area contributed by atoms with Gasteiger partial charge in [0.1, 0.15) is 17.8 Å². The molecule has 6 aromatic rings. The molecule has 0 radical (unpaired) electrons. The first-order chi connectivity index (χ1) is 25.6. The van der Waals surface area contributed by atoms with Gasteiger partial charge in [-0.1, -0.05) is 18.2 Å². The lowest BCUT2D eigenvalue weighted by Crippen LogP contribution is -2.40. The Hall–Kier alpha value is -5.50. The third-order valence-corrected chi connectivity index (χ3v) is 12.5. The number of nitrogens with zero attached hydrogens (tertiary/aromatic N) is 4. The van der Waals surface area contributed by atoms with Crippen LogP contribution in [-0.4, -0.2) is 50.8 Å². The number of benzene rings is 2. The number of ether oxygens (including phenoxy) is 1. The number of amides is 1. The molecule has 5 aliphatic rings. The maximum Gasteiger partial charge on any atom is 0.434 e. The zero-order chi connectivity index (χ0) is 36.3. The lowest BCUT2D eigenvalue weighted by Gasteiger charge is -2.37. The first-order valence-electron chi connectivity index (χ1n) is 17.5. The molecule has 2 atom stereocenters. The minimum atomic E-state index is -1.37. The van der Waals surface area contributed by atoms with E-state index in [1.807, 2.05) is 24.0 Å². The van der Waals surface area contributed by atoms with Crippen LogP contribution in [0.4, 0.5) is 19.0 Å². The standard InChI is InChI=1S/C39H31F3N6O4S/c1-17-11-20-12-27(53-33(20)35(43-17)45-31-22-8-9-24(41)32(51-2)23(22)13-25(31)42)29-28(36-46-47-38(50)52-36)26(10-5-18-3-6-21(40)7-4-18)44-34-30(29)37(49)48-16-19-14-39(34,48)15-19/h3-4,6-9,11-12,19,25,31H,5,10,13-16H2,1-2H3,(H,43,45)(H,47,50). The van der Waals surface area contributed by atoms with Crippen LogP contribution in [0.3, 0.4) is 0 Å². The van der Waals surface area contributed by atoms with Crippen molar-refractivity contribution < 1.29 is 27.1 Å². The van der Waals surface area contributed by atoms with Crippen molar-refractivity contribution >= 4 is 33.1 Å². The molecule has 2 aliphatic carbocycles. The third-order valence-electron chi connectivity index (χ3n) is 11.3. The number of aromatic nitrogens is 4. The van der Waals surface area contributed by atoms with Crippen molar-refractivity contribution in [3.63, 3.8) is 0 Å². The Morgan fingerprint density at radius 3 is 2.62 bits per heavy atom. The minimum Gasteiger partial charge on any atom is -0.493 e. The average Bonchev–Trinajstić information content (AvgIpc) is 3.97. The van der Waals surface area contributed by atoms with E-state index in [0.717, 1.165) is 34.2 Å². The summed E-state index contributed by atoms with van der Waals surface area (Å²) in [7, 11) is 1.37. The van der Waals surface area contributed by atoms with Gasteiger partial charge in [-0.15, -0.1) is 16.4 Å². The Labute approximate surface area is 304 Å². The molecule has 1 saturated carbocycles. The van der Waals surface area contributed by atoms with Crippen molar-refractivity contribution in [1.29, 1.82) is 0 Å². The molecular formula is C39H31F3N6O4S. The molecule has 53 heavy (non-hydrogen) atoms. The van der Waals surface area contributed by atoms with Crippen molar-refractivity contribution in [3.8, 4) is 27.6 Å². The number of H-pyrrole nitrogens is 1. The summed E-state index contributed by atoms with van der Waals surface area (Å²) in [5, 5.41) is 10.8. The number of anilines is 1. The summed E-state index contributed by atoms with van der Waals surface area (Å²) in [6.45, 7) is 2.50. The number of aromatic amines is 1. The van der Waals surface area contributed by atoms with Gasteiger partial charge in [-0.05, 0) is 85.4 Å². The maximum atomic E-state index is 15.8. The Bertz CT molecular complexity index is 2580. The summed E-state index contributed by atoms with van der Waals surface area (Å²) in [5.41, 5.74) is 4.95. The van der Waals surface area contributed by atoms with Gasteiger partial charge in [0, 0.05) is 34.7 Å². The molecule has 3 fully saturated rings. The number of pyridine rings is 2. The molecule has 268 valence electrons. The normalized spacial score (nSPS) is 22.2. The zero-order valence-electron chi connectivity index (χ0n) is 28.6. The van der Waals surface area contributed by atoms with Crippen LogP contribution in [0.25, 0.3) is 32.0 Å². The van der Waals surface area contributed by atoms with Crippen LogP contribution >= 0.6 is 11.3 Å². The molecule has 1 amide bonds. The van der Waals surface area contributed by atoms with Crippen LogP contribution < -0.4 is 15.8 Å². The van der Waals surface area contributed by atoms with Crippen LogP contribution in [0.5, 0.6) is 5.75 Å². The molecule has 2 bridgehead atoms. The number of nitrogens with one attached hydrogen (secondary N) is 2. The van der Waals surface area contributed by atoms with Gasteiger partial charge in [0.25, 0.3) is 11.8 Å². The van der Waals surface area contributed by atoms with Gasteiger partial charge in [0.2, 0.25) is 0 Å². The van der Waals surface area contributed by atoms with Gasteiger partial charge < -0.3 is 19.4 Å². The average molecular weight is 737 g/mol. The predicted octanol–water partition coefficient (Wildman–Crippen LogP) is 7.20. The van der Waals surface area contributed by atoms with Gasteiger partial charge in [-0.2, -0.15) is 0 Å². The molecule has 4 aromatic heterocycles. The molecule has 1 spiro atoms. The lowest BCUT2D eigenvalue weighted by molar-refractivity contribution is 0.0637. The molecule has 2 N–H and O–H groups in total. The van der Waals surface area contributed by atoms with Crippen molar-refractivity contribution in [2.75, 3.05) is 19.0 Å². The fourth-order valence-electron chi connectivity index (χ4n) is 9.06. The fraction of sp³-hybridized carbons (Fsp3) is 0.308. The van der Waals surface area contributed by atoms with Gasteiger partial charge in [-0.25, -0.2) is 28.0 Å². The Morgan fingerprint density at radius 1 is 1.06 bits per heavy atom. The maximum absolute atomic E-state index is 15.8. The molecule has 7 heterocycles. The molecule has 10 nitrogen and oxygen atoms in total. The summed E-state index contributed by atoms with van der Waals surface area (Å²) < 4.78 is 55.7. The molecule has 2 saturated heterocycles. The largest absolute Gasteiger partial charge is 0.493 e. The SMILES string of the molecule is COc1c(F)ccc2c1CC(F)C2Nc1nc(C)cc2cc(-c3c4c(nc(CCc5ccc(F)cc5)c3-c3n[nH]c(=O)o3)C35CC(CN3C4=O)C5)sc12. The highest BCUT2D eigenvalue weighted by molar-refractivity contribution is 7.23. The van der Waals surface area contributed by atoms with E-state index < -0.39 is 29.3 Å². The molecular weight excluding hydrogens is 706 g/mol. The third kappa shape index (κ3) is 4.73. The Kier molecular flexibility index (Phi) is 6.98. The number of aryl methyl sites for hydroxylation is 3. The number of carbonyl (C=O) groups is 1.